The van der Waals surface area contributed by atoms with Gasteiger partial charge in [-0.05, 0) is 50.1 Å². The second-order valence-electron chi connectivity index (χ2n) is 10.5. The highest BCUT2D eigenvalue weighted by Crippen LogP contribution is 2.38. The molecule has 2 aromatic carbocycles. The molecular weight excluding hydrogens is 514 g/mol. The maximum Gasteiger partial charge on any atom is 0.316 e. The fourth-order valence-electron chi connectivity index (χ4n) is 4.88. The van der Waals surface area contributed by atoms with E-state index in [1.54, 1.807) is 39.0 Å². The van der Waals surface area contributed by atoms with Gasteiger partial charge in [-0.2, -0.15) is 14.1 Å². The van der Waals surface area contributed by atoms with Gasteiger partial charge in [0.25, 0.3) is 0 Å². The van der Waals surface area contributed by atoms with Crippen molar-refractivity contribution >= 4 is 15.7 Å². The van der Waals surface area contributed by atoms with E-state index >= 15 is 4.39 Å². The molecule has 0 N–H and O–H groups in total. The molecule has 2 atom stereocenters. The molecule has 1 fully saturated rings. The van der Waals surface area contributed by atoms with Crippen molar-refractivity contribution in [2.75, 3.05) is 31.1 Å². The number of hydrogen-bond acceptors (Lipinski definition) is 6. The van der Waals surface area contributed by atoms with E-state index in [4.69, 9.17) is 4.74 Å². The zero-order chi connectivity index (χ0) is 27.2. The Bertz CT molecular complexity index is 1510. The summed E-state index contributed by atoms with van der Waals surface area (Å²) in [6.45, 7) is 5.98. The summed E-state index contributed by atoms with van der Waals surface area (Å²) in [6, 6.07) is 12.6. The number of aromatic nitrogens is 2. The predicted octanol–water partition coefficient (Wildman–Crippen LogP) is 3.64. The lowest BCUT2D eigenvalue weighted by Gasteiger charge is -2.38. The number of anilines is 1. The van der Waals surface area contributed by atoms with Gasteiger partial charge in [0.1, 0.15) is 17.6 Å². The summed E-state index contributed by atoms with van der Waals surface area (Å²) in [5, 5.41) is 4.26. The maximum atomic E-state index is 15.4. The van der Waals surface area contributed by atoms with Crippen molar-refractivity contribution in [3.63, 3.8) is 0 Å². The molecule has 202 valence electrons. The Morgan fingerprint density at radius 1 is 1.03 bits per heavy atom. The van der Waals surface area contributed by atoms with Crippen LogP contribution >= 0.6 is 0 Å². The van der Waals surface area contributed by atoms with Crippen molar-refractivity contribution in [3.05, 3.63) is 82.0 Å². The third-order valence-electron chi connectivity index (χ3n) is 7.03. The number of hydrogen-bond donors (Lipinski definition) is 0. The van der Waals surface area contributed by atoms with Crippen molar-refractivity contribution in [2.24, 2.45) is 0 Å². The lowest BCUT2D eigenvalue weighted by atomic mass is 10.1. The molecule has 1 saturated heterocycles. The molecule has 2 heterocycles. The minimum absolute atomic E-state index is 0.100. The fourth-order valence-corrected chi connectivity index (χ4v) is 6.29. The smallest absolute Gasteiger partial charge is 0.316 e. The van der Waals surface area contributed by atoms with Gasteiger partial charge < -0.3 is 9.64 Å². The average Bonchev–Trinajstić information content (AvgIpc) is 3.20. The molecule has 2 aliphatic rings. The molecular formula is C27H30F2N4O4S. The third kappa shape index (κ3) is 4.69. The summed E-state index contributed by atoms with van der Waals surface area (Å²) < 4.78 is 62.7. The molecule has 1 aliphatic heterocycles. The van der Waals surface area contributed by atoms with Crippen LogP contribution in [0.15, 0.2) is 59.5 Å². The van der Waals surface area contributed by atoms with Crippen LogP contribution < -0.4 is 15.2 Å². The van der Waals surface area contributed by atoms with Crippen LogP contribution in [0.25, 0.3) is 5.69 Å². The quantitative estimate of drug-likeness (QED) is 0.488. The average molecular weight is 545 g/mol. The zero-order valence-electron chi connectivity index (χ0n) is 21.5. The molecule has 1 aliphatic carbocycles. The van der Waals surface area contributed by atoms with Gasteiger partial charge in [0, 0.05) is 32.6 Å². The van der Waals surface area contributed by atoms with Crippen LogP contribution in [0.1, 0.15) is 38.1 Å². The number of benzene rings is 2. The number of halogens is 2. The lowest BCUT2D eigenvalue weighted by Crippen LogP contribution is -2.53. The summed E-state index contributed by atoms with van der Waals surface area (Å²) >= 11 is 0. The van der Waals surface area contributed by atoms with E-state index in [-0.39, 0.29) is 30.9 Å². The first-order valence-corrected chi connectivity index (χ1v) is 13.9. The second kappa shape index (κ2) is 9.77. The summed E-state index contributed by atoms with van der Waals surface area (Å²) in [5.74, 6) is -0.633. The van der Waals surface area contributed by atoms with E-state index in [0.29, 0.717) is 24.3 Å². The van der Waals surface area contributed by atoms with Crippen molar-refractivity contribution in [1.29, 1.82) is 0 Å². The van der Waals surface area contributed by atoms with Crippen molar-refractivity contribution in [3.8, 4) is 11.4 Å². The van der Waals surface area contributed by atoms with Crippen molar-refractivity contribution < 1.29 is 21.9 Å². The summed E-state index contributed by atoms with van der Waals surface area (Å²) in [4.78, 5) is 15.5. The van der Waals surface area contributed by atoms with Crippen LogP contribution in [0.4, 0.5) is 14.5 Å². The van der Waals surface area contributed by atoms with Crippen LogP contribution in [0.3, 0.4) is 0 Å². The molecule has 0 spiro atoms. The Morgan fingerprint density at radius 2 is 1.74 bits per heavy atom. The van der Waals surface area contributed by atoms with E-state index in [9.17, 15) is 17.6 Å². The van der Waals surface area contributed by atoms with Gasteiger partial charge in [-0.25, -0.2) is 17.2 Å². The van der Waals surface area contributed by atoms with E-state index in [1.165, 1.54) is 28.7 Å². The molecule has 0 saturated carbocycles. The Morgan fingerprint density at radius 3 is 2.39 bits per heavy atom. The predicted molar refractivity (Wildman–Crippen MR) is 141 cm³/mol. The number of piperazine rings is 1. The molecule has 3 aromatic rings. The van der Waals surface area contributed by atoms with Crippen LogP contribution in [0, 0.1) is 5.82 Å². The van der Waals surface area contributed by atoms with Gasteiger partial charge >= 0.3 is 5.56 Å². The Kier molecular flexibility index (Phi) is 6.77. The van der Waals surface area contributed by atoms with Crippen LogP contribution in [-0.2, 0) is 16.4 Å². The highest BCUT2D eigenvalue weighted by Gasteiger charge is 2.39. The van der Waals surface area contributed by atoms with Gasteiger partial charge in [0.15, 0.2) is 6.17 Å². The van der Waals surface area contributed by atoms with Crippen LogP contribution in [-0.4, -0.2) is 59.5 Å². The number of sulfonamides is 1. The first-order valence-electron chi connectivity index (χ1n) is 12.5. The van der Waals surface area contributed by atoms with Gasteiger partial charge in [-0.15, -0.1) is 0 Å². The lowest BCUT2D eigenvalue weighted by molar-refractivity contribution is 0.113. The highest BCUT2D eigenvalue weighted by atomic mass is 32.2. The summed E-state index contributed by atoms with van der Waals surface area (Å²) in [6.07, 6.45) is -0.631. The van der Waals surface area contributed by atoms with Gasteiger partial charge in [-0.3, -0.25) is 4.79 Å². The topological polar surface area (TPSA) is 84.7 Å². The van der Waals surface area contributed by atoms with Crippen molar-refractivity contribution in [2.45, 2.75) is 44.2 Å². The highest BCUT2D eigenvalue weighted by molar-refractivity contribution is 7.90. The number of fused-ring (bicyclic) bond motifs is 1. The van der Waals surface area contributed by atoms with E-state index in [2.05, 4.69) is 5.10 Å². The van der Waals surface area contributed by atoms with Gasteiger partial charge in [-0.1, -0.05) is 30.3 Å². The minimum atomic E-state index is -3.52. The SMILES string of the molecule is CC(C)(C)S(=O)(=O)N1CCN(c2cnn(-c3cccc(F)c3)c(=O)c2OC2Cc3ccccc3C2F)CC1. The first-order chi connectivity index (χ1) is 18.0. The molecule has 0 radical (unpaired) electrons. The monoisotopic (exact) mass is 544 g/mol. The first kappa shape index (κ1) is 26.3. The second-order valence-corrected chi connectivity index (χ2v) is 13.2. The number of ether oxygens (including phenoxy) is 1. The van der Waals surface area contributed by atoms with Gasteiger partial charge in [0.05, 0.1) is 16.6 Å². The molecule has 0 amide bonds. The third-order valence-corrected chi connectivity index (χ3v) is 9.62. The Labute approximate surface area is 220 Å². The molecule has 8 nitrogen and oxygen atoms in total. The Hall–Kier alpha value is -3.31. The number of rotatable bonds is 5. The van der Waals surface area contributed by atoms with E-state index in [1.807, 2.05) is 17.0 Å². The standard InChI is InChI=1S/C27H30F2N4O4S/c1-27(2,3)38(35,36)32-13-11-31(12-14-32)22-17-30-33(20-9-6-8-19(28)16-20)26(34)25(22)37-23-15-18-7-4-5-10-21(18)24(23)29/h4-10,16-17,23-24H,11-15H2,1-3H3. The largest absolute Gasteiger partial charge is 0.479 e. The number of nitrogens with zero attached hydrogens (tertiary/aromatic N) is 4. The molecule has 5 rings (SSSR count). The van der Waals surface area contributed by atoms with E-state index < -0.39 is 38.4 Å². The minimum Gasteiger partial charge on any atom is -0.479 e. The summed E-state index contributed by atoms with van der Waals surface area (Å²) in [5.41, 5.74) is 1.24. The normalized spacial score (nSPS) is 20.4. The van der Waals surface area contributed by atoms with Gasteiger partial charge in [0.2, 0.25) is 15.8 Å². The molecule has 11 heteroatoms. The van der Waals surface area contributed by atoms with Crippen molar-refractivity contribution in [1.82, 2.24) is 14.1 Å². The molecule has 0 bridgehead atoms. The zero-order valence-corrected chi connectivity index (χ0v) is 22.3. The summed E-state index contributed by atoms with van der Waals surface area (Å²) in [7, 11) is -3.52. The van der Waals surface area contributed by atoms with Crippen LogP contribution in [0.5, 0.6) is 5.75 Å². The fraction of sp³-hybridized carbons (Fsp3) is 0.407. The molecule has 1 aromatic heterocycles. The molecule has 2 unspecified atom stereocenters. The molecule has 38 heavy (non-hydrogen) atoms. The Balaban J connectivity index is 1.49. The maximum absolute atomic E-state index is 15.4. The van der Waals surface area contributed by atoms with E-state index in [0.717, 1.165) is 10.2 Å². The van der Waals surface area contributed by atoms with Crippen LogP contribution in [0.2, 0.25) is 0 Å². The number of alkyl halides is 1.